The monoisotopic (exact) mass is 539 g/mol. The molecule has 8 heteroatoms. The van der Waals surface area contributed by atoms with Gasteiger partial charge in [0.2, 0.25) is 0 Å². The number of benzene rings is 3. The van der Waals surface area contributed by atoms with Gasteiger partial charge < -0.3 is 14.6 Å². The van der Waals surface area contributed by atoms with Crippen molar-refractivity contribution in [3.63, 3.8) is 0 Å². The molecule has 0 radical (unpaired) electrons. The first-order valence-corrected chi connectivity index (χ1v) is 12.8. The number of halogens is 3. The minimum Gasteiger partial charge on any atom is -0.451 e. The van der Waals surface area contributed by atoms with Crippen molar-refractivity contribution in [3.8, 4) is 11.3 Å². The van der Waals surface area contributed by atoms with Crippen molar-refractivity contribution in [2.45, 2.75) is 6.54 Å². The summed E-state index contributed by atoms with van der Waals surface area (Å²) in [5.74, 6) is 0.344. The van der Waals surface area contributed by atoms with Crippen LogP contribution in [0.2, 0.25) is 15.1 Å². The summed E-state index contributed by atoms with van der Waals surface area (Å²) in [7, 11) is 0. The summed E-state index contributed by atoms with van der Waals surface area (Å²) in [6.07, 6.45) is 0. The Kier molecular flexibility index (Phi) is 7.54. The largest absolute Gasteiger partial charge is 0.451 e. The van der Waals surface area contributed by atoms with Crippen molar-refractivity contribution in [1.82, 2.24) is 4.90 Å². The SMILES string of the molecule is O=C(Nc1ccc(N2CCN(Cc3ccccc3Cl)CC2)cc1)c1ccc(-c2cccc(Cl)c2Cl)o1. The third-order valence-electron chi connectivity index (χ3n) is 6.26. The Hall–Kier alpha value is -2.96. The molecule has 1 aliphatic heterocycles. The molecule has 0 bridgehead atoms. The summed E-state index contributed by atoms with van der Waals surface area (Å²) in [6.45, 7) is 4.63. The number of amides is 1. The summed E-state index contributed by atoms with van der Waals surface area (Å²) in [5, 5.41) is 4.52. The normalized spacial score (nSPS) is 14.1. The number of anilines is 2. The van der Waals surface area contributed by atoms with Crippen molar-refractivity contribution in [2.24, 2.45) is 0 Å². The molecular formula is C28H24Cl3N3O2. The molecule has 0 unspecified atom stereocenters. The van der Waals surface area contributed by atoms with E-state index in [-0.39, 0.29) is 11.7 Å². The van der Waals surface area contributed by atoms with Crippen LogP contribution in [0.4, 0.5) is 11.4 Å². The van der Waals surface area contributed by atoms with Crippen LogP contribution in [0.25, 0.3) is 11.3 Å². The van der Waals surface area contributed by atoms with Gasteiger partial charge in [0, 0.05) is 54.7 Å². The molecular weight excluding hydrogens is 517 g/mol. The molecule has 1 saturated heterocycles. The highest BCUT2D eigenvalue weighted by Crippen LogP contribution is 2.34. The quantitative estimate of drug-likeness (QED) is 0.275. The summed E-state index contributed by atoms with van der Waals surface area (Å²) in [4.78, 5) is 17.5. The van der Waals surface area contributed by atoms with Crippen LogP contribution in [0.3, 0.4) is 0 Å². The minimum atomic E-state index is -0.333. The summed E-state index contributed by atoms with van der Waals surface area (Å²) in [6, 6.07) is 24.5. The van der Waals surface area contributed by atoms with Gasteiger partial charge in [-0.15, -0.1) is 0 Å². The fourth-order valence-electron chi connectivity index (χ4n) is 4.28. The second-order valence-electron chi connectivity index (χ2n) is 8.62. The first kappa shape index (κ1) is 24.7. The molecule has 1 fully saturated rings. The predicted molar refractivity (Wildman–Crippen MR) is 148 cm³/mol. The van der Waals surface area contributed by atoms with Gasteiger partial charge in [-0.05, 0) is 60.2 Å². The zero-order valence-electron chi connectivity index (χ0n) is 19.4. The lowest BCUT2D eigenvalue weighted by Gasteiger charge is -2.36. The van der Waals surface area contributed by atoms with E-state index in [4.69, 9.17) is 39.2 Å². The molecule has 0 spiro atoms. The lowest BCUT2D eigenvalue weighted by atomic mass is 10.2. The molecule has 1 N–H and O–H groups in total. The number of furan rings is 1. The van der Waals surface area contributed by atoms with Gasteiger partial charge in [0.1, 0.15) is 5.76 Å². The molecule has 0 atom stereocenters. The Morgan fingerprint density at radius 1 is 0.806 bits per heavy atom. The Labute approximate surface area is 225 Å². The second kappa shape index (κ2) is 11.0. The van der Waals surface area contributed by atoms with Crippen LogP contribution >= 0.6 is 34.8 Å². The topological polar surface area (TPSA) is 48.7 Å². The van der Waals surface area contributed by atoms with E-state index in [1.807, 2.05) is 42.5 Å². The molecule has 184 valence electrons. The average Bonchev–Trinajstić information content (AvgIpc) is 3.38. The lowest BCUT2D eigenvalue weighted by molar-refractivity contribution is 0.0997. The number of hydrogen-bond donors (Lipinski definition) is 1. The van der Waals surface area contributed by atoms with Crippen LogP contribution in [0, 0.1) is 0 Å². The fraction of sp³-hybridized carbons (Fsp3) is 0.179. The highest BCUT2D eigenvalue weighted by molar-refractivity contribution is 6.43. The molecule has 0 aliphatic carbocycles. The predicted octanol–water partition coefficient (Wildman–Crippen LogP) is 7.48. The van der Waals surface area contributed by atoms with E-state index < -0.39 is 0 Å². The van der Waals surface area contributed by atoms with E-state index in [0.29, 0.717) is 27.1 Å². The van der Waals surface area contributed by atoms with E-state index in [1.54, 1.807) is 30.3 Å². The molecule has 36 heavy (non-hydrogen) atoms. The van der Waals surface area contributed by atoms with E-state index in [1.165, 1.54) is 0 Å². The zero-order chi connectivity index (χ0) is 25.1. The molecule has 5 nitrogen and oxygen atoms in total. The standard InChI is InChI=1S/C28H24Cl3N3O2/c29-23-6-2-1-4-19(23)18-33-14-16-34(17-15-33)21-10-8-20(9-11-21)32-28(35)26-13-12-25(36-26)22-5-3-7-24(30)27(22)31/h1-13H,14-18H2,(H,32,35). The first-order valence-electron chi connectivity index (χ1n) is 11.6. The van der Waals surface area contributed by atoms with E-state index in [9.17, 15) is 4.79 Å². The molecule has 1 aliphatic rings. The van der Waals surface area contributed by atoms with Crippen LogP contribution in [-0.2, 0) is 6.54 Å². The van der Waals surface area contributed by atoms with Crippen LogP contribution < -0.4 is 10.2 Å². The van der Waals surface area contributed by atoms with E-state index in [2.05, 4.69) is 21.2 Å². The number of carbonyl (C=O) groups is 1. The van der Waals surface area contributed by atoms with Crippen molar-refractivity contribution in [2.75, 3.05) is 36.4 Å². The maximum Gasteiger partial charge on any atom is 0.291 e. The van der Waals surface area contributed by atoms with Gasteiger partial charge in [0.15, 0.2) is 5.76 Å². The number of rotatable bonds is 6. The number of nitrogens with one attached hydrogen (secondary N) is 1. The summed E-state index contributed by atoms with van der Waals surface area (Å²) >= 11 is 18.7. The first-order chi connectivity index (χ1) is 17.5. The van der Waals surface area contributed by atoms with Gasteiger partial charge in [0.25, 0.3) is 5.91 Å². The van der Waals surface area contributed by atoms with Gasteiger partial charge >= 0.3 is 0 Å². The number of hydrogen-bond acceptors (Lipinski definition) is 4. The molecule has 0 saturated carbocycles. The molecule has 2 heterocycles. The van der Waals surface area contributed by atoms with Gasteiger partial charge in [0.05, 0.1) is 10.0 Å². The smallest absolute Gasteiger partial charge is 0.291 e. The third kappa shape index (κ3) is 5.55. The molecule has 3 aromatic carbocycles. The second-order valence-corrected chi connectivity index (χ2v) is 9.81. The van der Waals surface area contributed by atoms with E-state index in [0.717, 1.165) is 49.0 Å². The third-order valence-corrected chi connectivity index (χ3v) is 7.45. The Bertz CT molecular complexity index is 1360. The molecule has 1 aromatic heterocycles. The fourth-order valence-corrected chi connectivity index (χ4v) is 4.87. The highest BCUT2D eigenvalue weighted by Gasteiger charge is 2.19. The van der Waals surface area contributed by atoms with Gasteiger partial charge in [-0.3, -0.25) is 9.69 Å². The molecule has 5 rings (SSSR count). The minimum absolute atomic E-state index is 0.194. The maximum absolute atomic E-state index is 12.7. The van der Waals surface area contributed by atoms with E-state index >= 15 is 0 Å². The zero-order valence-corrected chi connectivity index (χ0v) is 21.7. The molecule has 4 aromatic rings. The van der Waals surface area contributed by atoms with Crippen molar-refractivity contribution in [3.05, 3.63) is 105 Å². The van der Waals surface area contributed by atoms with Crippen LogP contribution in [0.1, 0.15) is 16.1 Å². The number of carbonyl (C=O) groups excluding carboxylic acids is 1. The average molecular weight is 541 g/mol. The lowest BCUT2D eigenvalue weighted by Crippen LogP contribution is -2.46. The van der Waals surface area contributed by atoms with Crippen molar-refractivity contribution < 1.29 is 9.21 Å². The summed E-state index contributed by atoms with van der Waals surface area (Å²) < 4.78 is 5.74. The van der Waals surface area contributed by atoms with Crippen molar-refractivity contribution in [1.29, 1.82) is 0 Å². The number of nitrogens with zero attached hydrogens (tertiary/aromatic N) is 2. The summed E-state index contributed by atoms with van der Waals surface area (Å²) in [5.41, 5.74) is 3.62. The Balaban J connectivity index is 1.17. The highest BCUT2D eigenvalue weighted by atomic mass is 35.5. The van der Waals surface area contributed by atoms with Crippen LogP contribution in [0.15, 0.2) is 83.3 Å². The molecule has 1 amide bonds. The van der Waals surface area contributed by atoms with Gasteiger partial charge in [-0.25, -0.2) is 0 Å². The van der Waals surface area contributed by atoms with Gasteiger partial charge in [-0.1, -0.05) is 59.1 Å². The Morgan fingerprint density at radius 2 is 1.53 bits per heavy atom. The van der Waals surface area contributed by atoms with Crippen LogP contribution in [0.5, 0.6) is 0 Å². The van der Waals surface area contributed by atoms with Crippen molar-refractivity contribution >= 4 is 52.1 Å². The van der Waals surface area contributed by atoms with Gasteiger partial charge in [-0.2, -0.15) is 0 Å². The maximum atomic E-state index is 12.7. The van der Waals surface area contributed by atoms with Crippen LogP contribution in [-0.4, -0.2) is 37.0 Å². The number of piperazine rings is 1. The Morgan fingerprint density at radius 3 is 2.28 bits per heavy atom.